The molecule has 0 unspecified atom stereocenters. The van der Waals surface area contributed by atoms with Crippen molar-refractivity contribution in [3.05, 3.63) is 23.8 Å². The molecule has 0 radical (unpaired) electrons. The Morgan fingerprint density at radius 1 is 1.07 bits per heavy atom. The van der Waals surface area contributed by atoms with Crippen LogP contribution in [0.15, 0.2) is 18.2 Å². The van der Waals surface area contributed by atoms with Crippen LogP contribution in [-0.4, -0.2) is 36.7 Å². The lowest BCUT2D eigenvalue weighted by molar-refractivity contribution is -0.158. The van der Waals surface area contributed by atoms with E-state index in [1.165, 1.54) is 38.5 Å². The average Bonchev–Trinajstić information content (AvgIpc) is 3.16. The molecule has 5 aliphatic rings. The van der Waals surface area contributed by atoms with Gasteiger partial charge in [0.25, 0.3) is 5.91 Å². The lowest BCUT2D eigenvalue weighted by atomic mass is 9.49. The van der Waals surface area contributed by atoms with Gasteiger partial charge in [-0.3, -0.25) is 9.59 Å². The minimum atomic E-state index is -0.204. The van der Waals surface area contributed by atoms with E-state index in [1.807, 2.05) is 25.1 Å². The first-order valence-electron chi connectivity index (χ1n) is 11.3. The minimum absolute atomic E-state index is 0.145. The number of nitrogens with zero attached hydrogens (tertiary/aromatic N) is 1. The van der Waals surface area contributed by atoms with E-state index in [0.29, 0.717) is 25.3 Å². The molecule has 162 valence electrons. The largest absolute Gasteiger partial charge is 0.456 e. The summed E-state index contributed by atoms with van der Waals surface area (Å²) in [4.78, 5) is 27.0. The van der Waals surface area contributed by atoms with Crippen molar-refractivity contribution in [2.75, 3.05) is 19.9 Å². The Morgan fingerprint density at radius 3 is 2.40 bits per heavy atom. The van der Waals surface area contributed by atoms with Gasteiger partial charge in [-0.05, 0) is 86.3 Å². The van der Waals surface area contributed by atoms with Crippen LogP contribution in [0.5, 0.6) is 11.5 Å². The van der Waals surface area contributed by atoms with E-state index in [4.69, 9.17) is 14.2 Å². The molecule has 1 aliphatic heterocycles. The smallest absolute Gasteiger partial charge is 0.306 e. The molecule has 6 heteroatoms. The highest BCUT2D eigenvalue weighted by atomic mass is 16.7. The lowest BCUT2D eigenvalue weighted by Crippen LogP contribution is -2.47. The fourth-order valence-electron chi connectivity index (χ4n) is 6.73. The van der Waals surface area contributed by atoms with Gasteiger partial charge in [-0.25, -0.2) is 0 Å². The normalized spacial score (nSPS) is 30.4. The van der Waals surface area contributed by atoms with Crippen LogP contribution in [0.4, 0.5) is 0 Å². The minimum Gasteiger partial charge on any atom is -0.456 e. The predicted octanol–water partition coefficient (Wildman–Crippen LogP) is 3.91. The fraction of sp³-hybridized carbons (Fsp3) is 0.667. The fourth-order valence-corrected chi connectivity index (χ4v) is 6.73. The standard InChI is InChI=1S/C24H31NO5/c1-2-25(13-16-3-4-20-21(8-16)30-15-29-20)22(26)14-28-23(27)12-24-9-17-5-18(10-24)7-19(6-17)11-24/h3-4,8,17-19H,2,5-7,9-15H2,1H3. The molecular weight excluding hydrogens is 382 g/mol. The molecule has 6 nitrogen and oxygen atoms in total. The SMILES string of the molecule is CCN(Cc1ccc2c(c1)OCO2)C(=O)COC(=O)CC12CC3CC(CC(C3)C1)C2. The van der Waals surface area contributed by atoms with E-state index in [0.717, 1.165) is 29.1 Å². The Hall–Kier alpha value is -2.24. The average molecular weight is 414 g/mol. The summed E-state index contributed by atoms with van der Waals surface area (Å²) >= 11 is 0. The van der Waals surface area contributed by atoms with Crippen LogP contribution in [-0.2, 0) is 20.9 Å². The van der Waals surface area contributed by atoms with Gasteiger partial charge in [0.05, 0.1) is 6.42 Å². The summed E-state index contributed by atoms with van der Waals surface area (Å²) in [5, 5.41) is 0. The van der Waals surface area contributed by atoms with Crippen molar-refractivity contribution in [3.8, 4) is 11.5 Å². The van der Waals surface area contributed by atoms with Gasteiger partial charge in [-0.2, -0.15) is 0 Å². The van der Waals surface area contributed by atoms with Crippen LogP contribution < -0.4 is 9.47 Å². The van der Waals surface area contributed by atoms with E-state index >= 15 is 0 Å². The molecule has 1 aromatic carbocycles. The zero-order valence-corrected chi connectivity index (χ0v) is 17.7. The van der Waals surface area contributed by atoms with E-state index in [2.05, 4.69) is 0 Å². The number of carbonyl (C=O) groups excluding carboxylic acids is 2. The number of benzene rings is 1. The van der Waals surface area contributed by atoms with Crippen LogP contribution in [0.25, 0.3) is 0 Å². The zero-order valence-electron chi connectivity index (χ0n) is 17.7. The van der Waals surface area contributed by atoms with Crippen molar-refractivity contribution >= 4 is 11.9 Å². The second-order valence-corrected chi connectivity index (χ2v) is 9.85. The molecule has 0 aromatic heterocycles. The number of fused-ring (bicyclic) bond motifs is 1. The first-order chi connectivity index (χ1) is 14.5. The highest BCUT2D eigenvalue weighted by Crippen LogP contribution is 2.61. The first-order valence-corrected chi connectivity index (χ1v) is 11.3. The molecule has 0 saturated heterocycles. The third kappa shape index (κ3) is 3.88. The second kappa shape index (κ2) is 7.78. The summed E-state index contributed by atoms with van der Waals surface area (Å²) in [6.45, 7) is 3.00. The van der Waals surface area contributed by atoms with E-state index < -0.39 is 0 Å². The molecule has 1 amide bonds. The summed E-state index contributed by atoms with van der Waals surface area (Å²) in [5.41, 5.74) is 1.11. The number of carbonyl (C=O) groups is 2. The number of amides is 1. The van der Waals surface area contributed by atoms with Gasteiger partial charge in [0.2, 0.25) is 6.79 Å². The molecule has 0 N–H and O–H groups in total. The van der Waals surface area contributed by atoms with Crippen LogP contribution in [0.1, 0.15) is 57.4 Å². The van der Waals surface area contributed by atoms with Crippen molar-refractivity contribution in [1.82, 2.24) is 4.90 Å². The molecule has 1 heterocycles. The topological polar surface area (TPSA) is 65.1 Å². The zero-order chi connectivity index (χ0) is 20.7. The monoisotopic (exact) mass is 413 g/mol. The summed E-state index contributed by atoms with van der Waals surface area (Å²) in [5.74, 6) is 3.50. The number of likely N-dealkylation sites (N-methyl/N-ethyl adjacent to an activating group) is 1. The van der Waals surface area contributed by atoms with Gasteiger partial charge < -0.3 is 19.1 Å². The van der Waals surface area contributed by atoms with Crippen molar-refractivity contribution in [2.45, 2.75) is 58.4 Å². The van der Waals surface area contributed by atoms with E-state index in [9.17, 15) is 9.59 Å². The summed E-state index contributed by atoms with van der Waals surface area (Å²) in [6.07, 6.45) is 8.08. The van der Waals surface area contributed by atoms with Crippen molar-refractivity contribution in [2.24, 2.45) is 23.2 Å². The molecule has 4 saturated carbocycles. The predicted molar refractivity (Wildman–Crippen MR) is 110 cm³/mol. The maximum Gasteiger partial charge on any atom is 0.306 e. The third-order valence-corrected chi connectivity index (χ3v) is 7.59. The summed E-state index contributed by atoms with van der Waals surface area (Å²) < 4.78 is 16.2. The number of hydrogen-bond acceptors (Lipinski definition) is 5. The molecule has 4 fully saturated rings. The quantitative estimate of drug-likeness (QED) is 0.634. The van der Waals surface area contributed by atoms with Gasteiger partial charge in [0.15, 0.2) is 18.1 Å². The molecule has 1 aromatic rings. The van der Waals surface area contributed by atoms with Gasteiger partial charge in [0, 0.05) is 13.1 Å². The number of rotatable bonds is 7. The first kappa shape index (κ1) is 19.7. The van der Waals surface area contributed by atoms with E-state index in [-0.39, 0.29) is 30.7 Å². The Bertz CT molecular complexity index is 800. The van der Waals surface area contributed by atoms with Gasteiger partial charge in [0.1, 0.15) is 0 Å². The molecular formula is C24H31NO5. The number of esters is 1. The number of hydrogen-bond donors (Lipinski definition) is 0. The molecule has 0 atom stereocenters. The van der Waals surface area contributed by atoms with Crippen molar-refractivity contribution in [1.29, 1.82) is 0 Å². The second-order valence-electron chi connectivity index (χ2n) is 9.85. The third-order valence-electron chi connectivity index (χ3n) is 7.59. The van der Waals surface area contributed by atoms with Crippen LogP contribution in [0, 0.1) is 23.2 Å². The molecule has 0 spiro atoms. The lowest BCUT2D eigenvalue weighted by Gasteiger charge is -2.56. The number of ether oxygens (including phenoxy) is 3. The molecule has 4 aliphatic carbocycles. The van der Waals surface area contributed by atoms with E-state index in [1.54, 1.807) is 4.90 Å². The van der Waals surface area contributed by atoms with Gasteiger partial charge in [-0.1, -0.05) is 6.07 Å². The summed E-state index contributed by atoms with van der Waals surface area (Å²) in [7, 11) is 0. The van der Waals surface area contributed by atoms with Gasteiger partial charge >= 0.3 is 5.97 Å². The molecule has 30 heavy (non-hydrogen) atoms. The molecule has 6 rings (SSSR count). The van der Waals surface area contributed by atoms with Crippen molar-refractivity contribution < 1.29 is 23.8 Å². The van der Waals surface area contributed by atoms with Crippen molar-refractivity contribution in [3.63, 3.8) is 0 Å². The Morgan fingerprint density at radius 2 is 1.73 bits per heavy atom. The Labute approximate surface area is 177 Å². The Balaban J connectivity index is 1.13. The maximum absolute atomic E-state index is 12.7. The maximum atomic E-state index is 12.7. The van der Waals surface area contributed by atoms with Crippen LogP contribution >= 0.6 is 0 Å². The highest BCUT2D eigenvalue weighted by Gasteiger charge is 2.51. The summed E-state index contributed by atoms with van der Waals surface area (Å²) in [6, 6.07) is 5.70. The van der Waals surface area contributed by atoms with Crippen LogP contribution in [0.2, 0.25) is 0 Å². The van der Waals surface area contributed by atoms with Crippen LogP contribution in [0.3, 0.4) is 0 Å². The van der Waals surface area contributed by atoms with Gasteiger partial charge in [-0.15, -0.1) is 0 Å². The highest BCUT2D eigenvalue weighted by molar-refractivity contribution is 5.80. The molecule has 4 bridgehead atoms. The Kier molecular flexibility index (Phi) is 5.11.